The molecule has 0 bridgehead atoms. The summed E-state index contributed by atoms with van der Waals surface area (Å²) in [7, 11) is 0. The third-order valence-corrected chi connectivity index (χ3v) is 4.94. The van der Waals surface area contributed by atoms with Gasteiger partial charge in [0.05, 0.1) is 30.9 Å². The number of aromatic nitrogens is 1. The van der Waals surface area contributed by atoms with Crippen molar-refractivity contribution < 1.29 is 14.6 Å². The van der Waals surface area contributed by atoms with Crippen molar-refractivity contribution in [3.05, 3.63) is 42.1 Å². The fourth-order valence-electron chi connectivity index (χ4n) is 3.66. The lowest BCUT2D eigenvalue weighted by Crippen LogP contribution is -2.49. The number of likely N-dealkylation sites (tertiary alicyclic amines) is 1. The van der Waals surface area contributed by atoms with E-state index in [9.17, 15) is 9.90 Å². The largest absolute Gasteiger partial charge is 0.390 e. The summed E-state index contributed by atoms with van der Waals surface area (Å²) in [5.74, 6) is -0.0385. The van der Waals surface area contributed by atoms with Gasteiger partial charge in [0.25, 0.3) is 5.91 Å². The van der Waals surface area contributed by atoms with Crippen molar-refractivity contribution in [3.8, 4) is 0 Å². The highest BCUT2D eigenvalue weighted by Gasteiger charge is 2.38. The molecule has 2 aromatic rings. The number of benzene rings is 1. The second kappa shape index (κ2) is 6.47. The molecule has 0 saturated carbocycles. The summed E-state index contributed by atoms with van der Waals surface area (Å²) in [6, 6.07) is 9.35. The topological polar surface area (TPSA) is 65.9 Å². The Morgan fingerprint density at radius 2 is 2.00 bits per heavy atom. The van der Waals surface area contributed by atoms with E-state index in [0.29, 0.717) is 31.9 Å². The Balaban J connectivity index is 1.56. The number of hydrogen-bond acceptors (Lipinski definition) is 5. The highest BCUT2D eigenvalue weighted by atomic mass is 16.5. The first-order valence-corrected chi connectivity index (χ1v) is 8.37. The lowest BCUT2D eigenvalue weighted by Gasteiger charge is -2.33. The van der Waals surface area contributed by atoms with E-state index in [0.717, 1.165) is 24.0 Å². The van der Waals surface area contributed by atoms with Gasteiger partial charge in [-0.05, 0) is 18.2 Å². The monoisotopic (exact) mass is 327 g/mol. The number of hydrogen-bond donors (Lipinski definition) is 1. The maximum atomic E-state index is 13.0. The molecule has 1 N–H and O–H groups in total. The average molecular weight is 327 g/mol. The molecule has 0 spiro atoms. The molecule has 2 aliphatic heterocycles. The van der Waals surface area contributed by atoms with Crippen LogP contribution in [0.3, 0.4) is 0 Å². The van der Waals surface area contributed by atoms with Crippen LogP contribution < -0.4 is 0 Å². The predicted molar refractivity (Wildman–Crippen MR) is 89.8 cm³/mol. The second-order valence-electron chi connectivity index (χ2n) is 6.37. The van der Waals surface area contributed by atoms with E-state index in [4.69, 9.17) is 4.74 Å². The first-order valence-electron chi connectivity index (χ1n) is 8.37. The lowest BCUT2D eigenvalue weighted by atomic mass is 10.1. The molecule has 6 nitrogen and oxygen atoms in total. The summed E-state index contributed by atoms with van der Waals surface area (Å²) in [5, 5.41) is 11.3. The van der Waals surface area contributed by atoms with Crippen LogP contribution in [0.4, 0.5) is 0 Å². The average Bonchev–Trinajstić information content (AvgIpc) is 3.03. The van der Waals surface area contributed by atoms with E-state index in [-0.39, 0.29) is 11.9 Å². The number of fused-ring (bicyclic) bond motifs is 1. The van der Waals surface area contributed by atoms with E-state index in [2.05, 4.69) is 9.88 Å². The summed E-state index contributed by atoms with van der Waals surface area (Å²) in [6.45, 7) is 3.91. The molecule has 1 amide bonds. The zero-order valence-corrected chi connectivity index (χ0v) is 13.5. The number of aliphatic hydroxyl groups is 1. The molecule has 2 fully saturated rings. The van der Waals surface area contributed by atoms with Gasteiger partial charge < -0.3 is 14.7 Å². The van der Waals surface area contributed by atoms with Crippen LogP contribution in [0.5, 0.6) is 0 Å². The van der Waals surface area contributed by atoms with E-state index in [1.807, 2.05) is 30.3 Å². The van der Waals surface area contributed by atoms with Gasteiger partial charge in [0, 0.05) is 43.3 Å². The molecule has 6 heteroatoms. The summed E-state index contributed by atoms with van der Waals surface area (Å²) in [6.07, 6.45) is 1.21. The van der Waals surface area contributed by atoms with E-state index < -0.39 is 6.10 Å². The minimum atomic E-state index is -0.514. The van der Waals surface area contributed by atoms with Crippen LogP contribution in [0.25, 0.3) is 10.9 Å². The Hall–Kier alpha value is -2.02. The minimum Gasteiger partial charge on any atom is -0.390 e. The SMILES string of the molecule is O=C(c1cccc2ncccc12)N1C[C@@H](O)[C@H](N2CCOCC2)C1. The number of nitrogens with zero attached hydrogens (tertiary/aromatic N) is 3. The van der Waals surface area contributed by atoms with Crippen LogP contribution in [-0.4, -0.2) is 77.3 Å². The fraction of sp³-hybridized carbons (Fsp3) is 0.444. The zero-order valence-electron chi connectivity index (χ0n) is 13.5. The maximum Gasteiger partial charge on any atom is 0.254 e. The van der Waals surface area contributed by atoms with Gasteiger partial charge in [-0.15, -0.1) is 0 Å². The first-order chi connectivity index (χ1) is 11.7. The van der Waals surface area contributed by atoms with Crippen molar-refractivity contribution in [3.63, 3.8) is 0 Å². The quantitative estimate of drug-likeness (QED) is 0.882. The molecule has 0 radical (unpaired) electrons. The van der Waals surface area contributed by atoms with Crippen LogP contribution in [0.2, 0.25) is 0 Å². The van der Waals surface area contributed by atoms with E-state index >= 15 is 0 Å². The van der Waals surface area contributed by atoms with Crippen LogP contribution in [0, 0.1) is 0 Å². The molecule has 4 rings (SSSR count). The zero-order chi connectivity index (χ0) is 16.5. The molecule has 0 unspecified atom stereocenters. The van der Waals surface area contributed by atoms with Crippen LogP contribution in [0.1, 0.15) is 10.4 Å². The van der Waals surface area contributed by atoms with Gasteiger partial charge in [-0.1, -0.05) is 12.1 Å². The molecule has 24 heavy (non-hydrogen) atoms. The lowest BCUT2D eigenvalue weighted by molar-refractivity contribution is -0.00611. The Kier molecular flexibility index (Phi) is 4.18. The molecule has 126 valence electrons. The molecule has 3 heterocycles. The van der Waals surface area contributed by atoms with Gasteiger partial charge in [-0.3, -0.25) is 14.7 Å². The molecule has 0 aliphatic carbocycles. The number of aliphatic hydroxyl groups excluding tert-OH is 1. The van der Waals surface area contributed by atoms with E-state index in [1.165, 1.54) is 0 Å². The van der Waals surface area contributed by atoms with Crippen molar-refractivity contribution in [1.29, 1.82) is 0 Å². The number of β-amino-alcohol motifs (C(OH)–C–C–N with tert-alkyl or cyclic N) is 1. The van der Waals surface area contributed by atoms with Gasteiger partial charge in [0.15, 0.2) is 0 Å². The van der Waals surface area contributed by atoms with Crippen molar-refractivity contribution >= 4 is 16.8 Å². The van der Waals surface area contributed by atoms with Crippen LogP contribution in [-0.2, 0) is 4.74 Å². The normalized spacial score (nSPS) is 25.3. The predicted octanol–water partition coefficient (Wildman–Crippen LogP) is 0.752. The summed E-state index contributed by atoms with van der Waals surface area (Å²) < 4.78 is 5.38. The molecular weight excluding hydrogens is 306 g/mol. The third-order valence-electron chi connectivity index (χ3n) is 4.94. The highest BCUT2D eigenvalue weighted by Crippen LogP contribution is 2.23. The third kappa shape index (κ3) is 2.77. The Morgan fingerprint density at radius 3 is 2.83 bits per heavy atom. The summed E-state index contributed by atoms with van der Waals surface area (Å²) in [4.78, 5) is 21.3. The van der Waals surface area contributed by atoms with Gasteiger partial charge in [-0.25, -0.2) is 0 Å². The number of carbonyl (C=O) groups excluding carboxylic acids is 1. The number of pyridine rings is 1. The van der Waals surface area contributed by atoms with Crippen molar-refractivity contribution in [2.45, 2.75) is 12.1 Å². The van der Waals surface area contributed by atoms with Gasteiger partial charge in [0.2, 0.25) is 0 Å². The number of carbonyl (C=O) groups is 1. The number of morpholine rings is 1. The molecule has 2 atom stereocenters. The maximum absolute atomic E-state index is 13.0. The molecule has 2 aliphatic rings. The second-order valence-corrected chi connectivity index (χ2v) is 6.37. The Bertz CT molecular complexity index is 740. The van der Waals surface area contributed by atoms with Gasteiger partial charge >= 0.3 is 0 Å². The Labute approximate surface area is 140 Å². The highest BCUT2D eigenvalue weighted by molar-refractivity contribution is 6.06. The number of ether oxygens (including phenoxy) is 1. The van der Waals surface area contributed by atoms with Crippen LogP contribution in [0.15, 0.2) is 36.5 Å². The van der Waals surface area contributed by atoms with E-state index in [1.54, 1.807) is 11.1 Å². The number of rotatable bonds is 2. The number of amides is 1. The molecule has 1 aromatic carbocycles. The smallest absolute Gasteiger partial charge is 0.254 e. The Morgan fingerprint density at radius 1 is 1.17 bits per heavy atom. The minimum absolute atomic E-state index is 0.00838. The molecular formula is C18H21N3O3. The van der Waals surface area contributed by atoms with Crippen LogP contribution >= 0.6 is 0 Å². The van der Waals surface area contributed by atoms with Gasteiger partial charge in [-0.2, -0.15) is 0 Å². The summed E-state index contributed by atoms with van der Waals surface area (Å²) in [5.41, 5.74) is 1.46. The summed E-state index contributed by atoms with van der Waals surface area (Å²) >= 11 is 0. The van der Waals surface area contributed by atoms with Crippen molar-refractivity contribution in [2.75, 3.05) is 39.4 Å². The van der Waals surface area contributed by atoms with Crippen molar-refractivity contribution in [1.82, 2.24) is 14.8 Å². The van der Waals surface area contributed by atoms with Gasteiger partial charge in [0.1, 0.15) is 0 Å². The first kappa shape index (κ1) is 15.5. The van der Waals surface area contributed by atoms with Crippen molar-refractivity contribution in [2.24, 2.45) is 0 Å². The molecule has 2 saturated heterocycles. The molecule has 1 aromatic heterocycles. The fourth-order valence-corrected chi connectivity index (χ4v) is 3.66. The standard InChI is InChI=1S/C18H21N3O3/c22-17-12-21(11-16(17)20-7-9-24-10-8-20)18(23)14-3-1-5-15-13(14)4-2-6-19-15/h1-6,16-17,22H,7-12H2/t16-,17-/m1/s1.